The van der Waals surface area contributed by atoms with Crippen molar-refractivity contribution in [3.8, 4) is 23.0 Å². The van der Waals surface area contributed by atoms with Crippen LogP contribution in [-0.2, 0) is 9.47 Å². The van der Waals surface area contributed by atoms with E-state index in [1.807, 2.05) is 0 Å². The first kappa shape index (κ1) is 18.6. The van der Waals surface area contributed by atoms with Crippen LogP contribution in [0.4, 0.5) is 0 Å². The van der Waals surface area contributed by atoms with Crippen molar-refractivity contribution >= 4 is 11.9 Å². The van der Waals surface area contributed by atoms with Gasteiger partial charge in [-0.2, -0.15) is 0 Å². The van der Waals surface area contributed by atoms with Crippen LogP contribution in [0.3, 0.4) is 0 Å². The van der Waals surface area contributed by atoms with E-state index in [2.05, 4.69) is 0 Å². The molecule has 1 fully saturated rings. The summed E-state index contributed by atoms with van der Waals surface area (Å²) in [5.41, 5.74) is 0.733. The molecular formula is C22H20O8. The van der Waals surface area contributed by atoms with Gasteiger partial charge in [-0.25, -0.2) is 9.59 Å². The predicted molar refractivity (Wildman–Crippen MR) is 102 cm³/mol. The number of benzene rings is 2. The molecule has 0 radical (unpaired) electrons. The van der Waals surface area contributed by atoms with Gasteiger partial charge in [0, 0.05) is 0 Å². The highest BCUT2D eigenvalue weighted by molar-refractivity contribution is 5.91. The summed E-state index contributed by atoms with van der Waals surface area (Å²) in [7, 11) is 0. The van der Waals surface area contributed by atoms with E-state index in [9.17, 15) is 9.59 Å². The number of hydrogen-bond donors (Lipinski definition) is 0. The van der Waals surface area contributed by atoms with Crippen LogP contribution in [0.15, 0.2) is 36.4 Å². The van der Waals surface area contributed by atoms with E-state index in [0.29, 0.717) is 47.0 Å². The molecule has 0 aromatic heterocycles. The molecule has 2 aliphatic heterocycles. The summed E-state index contributed by atoms with van der Waals surface area (Å²) >= 11 is 0. The van der Waals surface area contributed by atoms with Crippen LogP contribution in [-0.4, -0.2) is 37.7 Å². The fourth-order valence-electron chi connectivity index (χ4n) is 3.79. The first-order valence-corrected chi connectivity index (χ1v) is 9.88. The Morgan fingerprint density at radius 2 is 1.10 bits per heavy atom. The molecule has 1 aliphatic carbocycles. The van der Waals surface area contributed by atoms with Gasteiger partial charge in [-0.1, -0.05) is 0 Å². The van der Waals surface area contributed by atoms with E-state index in [1.54, 1.807) is 36.4 Å². The molecule has 2 atom stereocenters. The predicted octanol–water partition coefficient (Wildman–Crippen LogP) is 3.47. The molecule has 0 spiro atoms. The number of ether oxygens (including phenoxy) is 6. The number of carbonyl (C=O) groups is 2. The highest BCUT2D eigenvalue weighted by Crippen LogP contribution is 2.34. The first-order chi connectivity index (χ1) is 14.7. The maximum Gasteiger partial charge on any atom is 0.338 e. The number of esters is 2. The van der Waals surface area contributed by atoms with Gasteiger partial charge >= 0.3 is 11.9 Å². The summed E-state index contributed by atoms with van der Waals surface area (Å²) in [6.07, 6.45) is 2.06. The summed E-state index contributed by atoms with van der Waals surface area (Å²) in [4.78, 5) is 25.3. The molecule has 0 saturated heterocycles. The Labute approximate surface area is 172 Å². The van der Waals surface area contributed by atoms with Crippen molar-refractivity contribution in [1.29, 1.82) is 0 Å². The molecule has 0 amide bonds. The maximum atomic E-state index is 12.7. The molecule has 2 heterocycles. The van der Waals surface area contributed by atoms with Crippen LogP contribution in [0, 0.1) is 0 Å². The largest absolute Gasteiger partial charge is 0.455 e. The number of hydrogen-bond acceptors (Lipinski definition) is 8. The number of carbonyl (C=O) groups excluding carboxylic acids is 2. The van der Waals surface area contributed by atoms with Crippen molar-refractivity contribution in [1.82, 2.24) is 0 Å². The fourth-order valence-corrected chi connectivity index (χ4v) is 3.79. The van der Waals surface area contributed by atoms with Crippen LogP contribution in [0.1, 0.15) is 46.4 Å². The third kappa shape index (κ3) is 3.60. The maximum absolute atomic E-state index is 12.7. The zero-order chi connectivity index (χ0) is 20.5. The SMILES string of the molecule is O=C(OC1CCCCC1OC(=O)c1ccc2c(c1)OCO2)c1ccc2c(c1)OCO2. The minimum Gasteiger partial charge on any atom is -0.455 e. The average molecular weight is 412 g/mol. The smallest absolute Gasteiger partial charge is 0.338 e. The monoisotopic (exact) mass is 412 g/mol. The van der Waals surface area contributed by atoms with Crippen LogP contribution < -0.4 is 18.9 Å². The Morgan fingerprint density at radius 3 is 1.57 bits per heavy atom. The zero-order valence-electron chi connectivity index (χ0n) is 16.1. The third-order valence-electron chi connectivity index (χ3n) is 5.38. The van der Waals surface area contributed by atoms with Gasteiger partial charge in [0.05, 0.1) is 11.1 Å². The van der Waals surface area contributed by atoms with Gasteiger partial charge in [-0.05, 0) is 62.1 Å². The number of fused-ring (bicyclic) bond motifs is 2. The van der Waals surface area contributed by atoms with E-state index in [0.717, 1.165) is 12.8 Å². The molecule has 1 saturated carbocycles. The zero-order valence-corrected chi connectivity index (χ0v) is 16.1. The van der Waals surface area contributed by atoms with Crippen molar-refractivity contribution in [3.05, 3.63) is 47.5 Å². The summed E-state index contributed by atoms with van der Waals surface area (Å²) < 4.78 is 32.6. The highest BCUT2D eigenvalue weighted by atomic mass is 16.7. The second-order valence-corrected chi connectivity index (χ2v) is 7.31. The normalized spacial score (nSPS) is 21.2. The lowest BCUT2D eigenvalue weighted by atomic mass is 9.94. The number of rotatable bonds is 4. The van der Waals surface area contributed by atoms with Crippen LogP contribution >= 0.6 is 0 Å². The standard InChI is InChI=1S/C22H20O8/c23-21(13-5-7-15-19(9-13)27-11-25-15)29-17-3-1-2-4-18(17)30-22(24)14-6-8-16-20(10-14)28-12-26-16/h5-10,17-18H,1-4,11-12H2. The Kier molecular flexibility index (Phi) is 4.82. The van der Waals surface area contributed by atoms with Crippen molar-refractivity contribution in [2.75, 3.05) is 13.6 Å². The quantitative estimate of drug-likeness (QED) is 0.706. The molecule has 156 valence electrons. The third-order valence-corrected chi connectivity index (χ3v) is 5.38. The summed E-state index contributed by atoms with van der Waals surface area (Å²) in [6, 6.07) is 9.81. The second kappa shape index (κ2) is 7.78. The van der Waals surface area contributed by atoms with Crippen LogP contribution in [0.25, 0.3) is 0 Å². The molecule has 5 rings (SSSR count). The van der Waals surface area contributed by atoms with Gasteiger partial charge in [-0.3, -0.25) is 0 Å². The minimum atomic E-state index is -0.505. The summed E-state index contributed by atoms with van der Waals surface area (Å²) in [5.74, 6) is 1.26. The van der Waals surface area contributed by atoms with E-state index < -0.39 is 24.1 Å². The fraction of sp³-hybridized carbons (Fsp3) is 0.364. The topological polar surface area (TPSA) is 89.5 Å². The molecule has 0 N–H and O–H groups in total. The first-order valence-electron chi connectivity index (χ1n) is 9.88. The van der Waals surface area contributed by atoms with Crippen LogP contribution in [0.5, 0.6) is 23.0 Å². The van der Waals surface area contributed by atoms with Gasteiger partial charge in [0.2, 0.25) is 13.6 Å². The van der Waals surface area contributed by atoms with Gasteiger partial charge < -0.3 is 28.4 Å². The van der Waals surface area contributed by atoms with E-state index >= 15 is 0 Å². The van der Waals surface area contributed by atoms with Crippen molar-refractivity contribution in [3.63, 3.8) is 0 Å². The van der Waals surface area contributed by atoms with Gasteiger partial charge in [0.1, 0.15) is 12.2 Å². The van der Waals surface area contributed by atoms with E-state index in [-0.39, 0.29) is 13.6 Å². The lowest BCUT2D eigenvalue weighted by molar-refractivity contribution is -0.0514. The highest BCUT2D eigenvalue weighted by Gasteiger charge is 2.33. The molecule has 3 aliphatic rings. The molecule has 8 nitrogen and oxygen atoms in total. The second-order valence-electron chi connectivity index (χ2n) is 7.31. The molecule has 8 heteroatoms. The Balaban J connectivity index is 1.26. The van der Waals surface area contributed by atoms with Gasteiger partial charge in [0.25, 0.3) is 0 Å². The average Bonchev–Trinajstić information content (AvgIpc) is 3.43. The summed E-state index contributed by atoms with van der Waals surface area (Å²) in [6.45, 7) is 0.267. The molecule has 30 heavy (non-hydrogen) atoms. The molecule has 2 aromatic rings. The summed E-state index contributed by atoms with van der Waals surface area (Å²) in [5, 5.41) is 0. The van der Waals surface area contributed by atoms with Gasteiger partial charge in [0.15, 0.2) is 23.0 Å². The van der Waals surface area contributed by atoms with Crippen molar-refractivity contribution in [2.24, 2.45) is 0 Å². The van der Waals surface area contributed by atoms with E-state index in [4.69, 9.17) is 28.4 Å². The minimum absolute atomic E-state index is 0.133. The Bertz CT molecular complexity index is 906. The Hall–Kier alpha value is -3.42. The van der Waals surface area contributed by atoms with Crippen molar-refractivity contribution in [2.45, 2.75) is 37.9 Å². The molecule has 2 aromatic carbocycles. The van der Waals surface area contributed by atoms with E-state index in [1.165, 1.54) is 0 Å². The Morgan fingerprint density at radius 1 is 0.667 bits per heavy atom. The molecule has 0 bridgehead atoms. The lowest BCUT2D eigenvalue weighted by Crippen LogP contribution is -2.37. The molecular weight excluding hydrogens is 392 g/mol. The lowest BCUT2D eigenvalue weighted by Gasteiger charge is -2.30. The molecule has 2 unspecified atom stereocenters. The van der Waals surface area contributed by atoms with Crippen molar-refractivity contribution < 1.29 is 38.0 Å². The van der Waals surface area contributed by atoms with Crippen LogP contribution in [0.2, 0.25) is 0 Å². The van der Waals surface area contributed by atoms with Gasteiger partial charge in [-0.15, -0.1) is 0 Å².